The van der Waals surface area contributed by atoms with Crippen LogP contribution in [0.3, 0.4) is 0 Å². The van der Waals surface area contributed by atoms with Crippen LogP contribution in [-0.2, 0) is 11.2 Å². The topological polar surface area (TPSA) is 139 Å². The summed E-state index contributed by atoms with van der Waals surface area (Å²) in [5.74, 6) is 0.172. The lowest BCUT2D eigenvalue weighted by molar-refractivity contribution is -0.384. The Labute approximate surface area is 190 Å². The number of nitro benzene ring substituents is 1. The molecule has 1 aromatic heterocycles. The predicted octanol–water partition coefficient (Wildman–Crippen LogP) is 3.59. The average Bonchev–Trinajstić information content (AvgIpc) is 3.40. The van der Waals surface area contributed by atoms with E-state index < -0.39 is 10.2 Å². The number of phenols is 1. The van der Waals surface area contributed by atoms with Gasteiger partial charge in [0.05, 0.1) is 23.0 Å². The second-order valence-corrected chi connectivity index (χ2v) is 8.69. The van der Waals surface area contributed by atoms with Gasteiger partial charge in [-0.25, -0.2) is 4.98 Å². The molecule has 0 unspecified atom stereocenters. The van der Waals surface area contributed by atoms with Crippen molar-refractivity contribution in [2.75, 3.05) is 12.5 Å². The Balaban J connectivity index is 1.39. The highest BCUT2D eigenvalue weighted by atomic mass is 32.2. The number of aromatic hydroxyl groups is 1. The zero-order chi connectivity index (χ0) is 22.7. The summed E-state index contributed by atoms with van der Waals surface area (Å²) in [5, 5.41) is 30.2. The summed E-state index contributed by atoms with van der Waals surface area (Å²) in [6, 6.07) is 11.3. The smallest absolute Gasteiger partial charge is 0.269 e. The molecule has 3 aromatic rings. The molecule has 3 N–H and O–H groups in total. The molecule has 1 fully saturated rings. The van der Waals surface area contributed by atoms with Crippen molar-refractivity contribution in [1.82, 2.24) is 10.3 Å². The Morgan fingerprint density at radius 1 is 1.31 bits per heavy atom. The zero-order valence-corrected chi connectivity index (χ0v) is 18.3. The van der Waals surface area contributed by atoms with Gasteiger partial charge in [0, 0.05) is 23.1 Å². The number of phenolic OH excluding ortho intramolecular Hbond substituents is 1. The number of hydrazone groups is 1. The molecule has 12 heteroatoms. The van der Waals surface area contributed by atoms with E-state index in [4.69, 9.17) is 4.74 Å². The van der Waals surface area contributed by atoms with Gasteiger partial charge in [0.2, 0.25) is 11.0 Å². The predicted molar refractivity (Wildman–Crippen MR) is 123 cm³/mol. The van der Waals surface area contributed by atoms with Crippen LogP contribution in [0.5, 0.6) is 11.5 Å². The molecule has 4 rings (SSSR count). The normalized spacial score (nSPS) is 16.7. The number of rotatable bonds is 7. The number of carbonyl (C=O) groups excluding carboxylic acids is 1. The Morgan fingerprint density at radius 3 is 2.81 bits per heavy atom. The van der Waals surface area contributed by atoms with E-state index in [-0.39, 0.29) is 17.3 Å². The number of non-ortho nitro benzene ring substituents is 1. The summed E-state index contributed by atoms with van der Waals surface area (Å²) in [4.78, 5) is 27.1. The molecule has 0 bridgehead atoms. The maximum atomic E-state index is 12.3. The maximum Gasteiger partial charge on any atom is 0.269 e. The van der Waals surface area contributed by atoms with E-state index in [9.17, 15) is 20.0 Å². The monoisotopic (exact) mass is 471 g/mol. The molecular weight excluding hydrogens is 454 g/mol. The number of carbonyl (C=O) groups is 1. The fourth-order valence-electron chi connectivity index (χ4n) is 3.00. The molecule has 32 heavy (non-hydrogen) atoms. The molecule has 0 aliphatic carbocycles. The molecule has 164 valence electrons. The Bertz CT molecular complexity index is 1200. The van der Waals surface area contributed by atoms with Gasteiger partial charge in [0.1, 0.15) is 0 Å². The van der Waals surface area contributed by atoms with Gasteiger partial charge in [0.25, 0.3) is 5.69 Å². The average molecular weight is 472 g/mol. The van der Waals surface area contributed by atoms with Crippen LogP contribution in [0.1, 0.15) is 5.56 Å². The summed E-state index contributed by atoms with van der Waals surface area (Å²) >= 11 is 2.57. The van der Waals surface area contributed by atoms with E-state index in [1.807, 2.05) is 0 Å². The standard InChI is InChI=1S/C20H17N5O5S2/c1-30-15-4-2-3-12(17(15)26)9-16-18(27)22-20(32-16)24-23-19-21-14(10-31-19)11-5-7-13(8-6-11)25(28)29/h2-8,10,16,26H,9H2,1H3,(H,21,23)(H,22,24,27)/t16-/m0/s1. The van der Waals surface area contributed by atoms with E-state index in [2.05, 4.69) is 20.8 Å². The van der Waals surface area contributed by atoms with Gasteiger partial charge in [0.15, 0.2) is 16.7 Å². The van der Waals surface area contributed by atoms with Crippen molar-refractivity contribution in [2.45, 2.75) is 11.7 Å². The van der Waals surface area contributed by atoms with Gasteiger partial charge in [-0.1, -0.05) is 23.9 Å². The molecule has 1 saturated heterocycles. The summed E-state index contributed by atoms with van der Waals surface area (Å²) in [7, 11) is 1.47. The van der Waals surface area contributed by atoms with Crippen LogP contribution in [0.25, 0.3) is 11.3 Å². The van der Waals surface area contributed by atoms with Crippen molar-refractivity contribution in [3.8, 4) is 22.8 Å². The lowest BCUT2D eigenvalue weighted by Gasteiger charge is -2.10. The number of amidine groups is 1. The van der Waals surface area contributed by atoms with Crippen LogP contribution >= 0.6 is 23.1 Å². The van der Waals surface area contributed by atoms with Crippen molar-refractivity contribution >= 4 is 45.0 Å². The molecule has 2 heterocycles. The number of thioether (sulfide) groups is 1. The number of benzene rings is 2. The Hall–Kier alpha value is -3.64. The molecular formula is C20H17N5O5S2. The maximum absolute atomic E-state index is 12.3. The molecule has 1 amide bonds. The third-order valence-electron chi connectivity index (χ3n) is 4.62. The van der Waals surface area contributed by atoms with E-state index in [0.717, 1.165) is 5.56 Å². The van der Waals surface area contributed by atoms with E-state index in [1.165, 1.54) is 42.3 Å². The first-order valence-electron chi connectivity index (χ1n) is 9.31. The summed E-state index contributed by atoms with van der Waals surface area (Å²) in [6.07, 6.45) is 0.320. The van der Waals surface area contributed by atoms with Crippen molar-refractivity contribution in [3.05, 3.63) is 63.5 Å². The highest BCUT2D eigenvalue weighted by Crippen LogP contribution is 2.33. The Kier molecular flexibility index (Phi) is 6.23. The molecule has 1 atom stereocenters. The number of anilines is 1. The third kappa shape index (κ3) is 4.65. The highest BCUT2D eigenvalue weighted by molar-refractivity contribution is 8.15. The lowest BCUT2D eigenvalue weighted by Crippen LogP contribution is -2.26. The molecule has 0 spiro atoms. The first-order valence-corrected chi connectivity index (χ1v) is 11.1. The van der Waals surface area contributed by atoms with Crippen molar-refractivity contribution < 1.29 is 19.6 Å². The van der Waals surface area contributed by atoms with Crippen LogP contribution in [0.4, 0.5) is 10.8 Å². The SMILES string of the molecule is COc1cccc(C[C@@H]2S/C(=N/Nc3nc(-c4ccc([N+](=O)[O-])cc4)cs3)NC2=O)c1O. The largest absolute Gasteiger partial charge is 0.504 e. The van der Waals surface area contributed by atoms with Crippen molar-refractivity contribution in [2.24, 2.45) is 5.10 Å². The van der Waals surface area contributed by atoms with Gasteiger partial charge in [-0.2, -0.15) is 0 Å². The van der Waals surface area contributed by atoms with Crippen LogP contribution in [0.15, 0.2) is 52.9 Å². The van der Waals surface area contributed by atoms with Crippen LogP contribution in [0.2, 0.25) is 0 Å². The van der Waals surface area contributed by atoms with Crippen LogP contribution in [0, 0.1) is 10.1 Å². The number of thiazole rings is 1. The number of nitro groups is 1. The van der Waals surface area contributed by atoms with E-state index >= 15 is 0 Å². The number of ether oxygens (including phenoxy) is 1. The molecule has 0 saturated carbocycles. The first-order chi connectivity index (χ1) is 15.4. The molecule has 1 aliphatic heterocycles. The van der Waals surface area contributed by atoms with Gasteiger partial charge in [-0.15, -0.1) is 16.4 Å². The fraction of sp³-hybridized carbons (Fsp3) is 0.150. The zero-order valence-electron chi connectivity index (χ0n) is 16.6. The number of amides is 1. The van der Waals surface area contributed by atoms with Crippen molar-refractivity contribution in [1.29, 1.82) is 0 Å². The van der Waals surface area contributed by atoms with Crippen LogP contribution < -0.4 is 15.5 Å². The summed E-state index contributed by atoms with van der Waals surface area (Å²) in [6.45, 7) is 0. The minimum absolute atomic E-state index is 0.0135. The molecule has 0 radical (unpaired) electrons. The number of hydrogen-bond donors (Lipinski definition) is 3. The number of hydrogen-bond acceptors (Lipinski definition) is 10. The second-order valence-electron chi connectivity index (χ2n) is 6.64. The second kappa shape index (κ2) is 9.24. The van der Waals surface area contributed by atoms with Gasteiger partial charge in [-0.05, 0) is 30.2 Å². The number of nitrogens with one attached hydrogen (secondary N) is 2. The van der Waals surface area contributed by atoms with Crippen molar-refractivity contribution in [3.63, 3.8) is 0 Å². The number of methoxy groups -OCH3 is 1. The summed E-state index contributed by atoms with van der Waals surface area (Å²) in [5.41, 5.74) is 4.85. The molecule has 10 nitrogen and oxygen atoms in total. The molecule has 1 aliphatic rings. The van der Waals surface area contributed by atoms with Crippen LogP contribution in [-0.4, -0.2) is 38.4 Å². The highest BCUT2D eigenvalue weighted by Gasteiger charge is 2.31. The number of nitrogens with zero attached hydrogens (tertiary/aromatic N) is 3. The van der Waals surface area contributed by atoms with E-state index in [1.54, 1.807) is 35.7 Å². The lowest BCUT2D eigenvalue weighted by atomic mass is 10.1. The van der Waals surface area contributed by atoms with E-state index in [0.29, 0.717) is 33.7 Å². The van der Waals surface area contributed by atoms with Gasteiger partial charge < -0.3 is 15.2 Å². The first kappa shape index (κ1) is 21.6. The van der Waals surface area contributed by atoms with Gasteiger partial charge in [-0.3, -0.25) is 20.3 Å². The molecule has 2 aromatic carbocycles. The summed E-state index contributed by atoms with van der Waals surface area (Å²) < 4.78 is 5.11. The number of aromatic nitrogens is 1. The quantitative estimate of drug-likeness (QED) is 0.351. The van der Waals surface area contributed by atoms with Gasteiger partial charge >= 0.3 is 0 Å². The minimum Gasteiger partial charge on any atom is -0.504 e. The fourth-order valence-corrected chi connectivity index (χ4v) is 4.62. The Morgan fingerprint density at radius 2 is 2.09 bits per heavy atom. The number of para-hydroxylation sites is 1. The third-order valence-corrected chi connectivity index (χ3v) is 6.44. The minimum atomic E-state index is -0.454.